The van der Waals surface area contributed by atoms with Gasteiger partial charge in [-0.3, -0.25) is 4.98 Å². The number of nitrogens with two attached hydrogens (primary N) is 2. The molecule has 4 aromatic rings. The van der Waals surface area contributed by atoms with Crippen molar-refractivity contribution < 1.29 is 9.13 Å². The average Bonchev–Trinajstić information content (AvgIpc) is 2.63. The normalized spacial score (nSPS) is 10.7. The molecule has 0 bridgehead atoms. The molecule has 2 heterocycles. The van der Waals surface area contributed by atoms with Gasteiger partial charge in [0, 0.05) is 41.0 Å². The fourth-order valence-electron chi connectivity index (χ4n) is 2.66. The third-order valence-electron chi connectivity index (χ3n) is 3.83. The van der Waals surface area contributed by atoms with Gasteiger partial charge in [-0.1, -0.05) is 12.1 Å². The number of halogens is 1. The number of nitrogens with zero attached hydrogens (tertiary/aromatic N) is 3. The smallest absolute Gasteiger partial charge is 0.223 e. The van der Waals surface area contributed by atoms with Crippen LogP contribution < -0.4 is 21.5 Å². The third-order valence-corrected chi connectivity index (χ3v) is 3.83. The molecule has 134 valence electrons. The number of benzene rings is 2. The summed E-state index contributed by atoms with van der Waals surface area (Å²) in [5.41, 5.74) is 11.7. The van der Waals surface area contributed by atoms with Crippen molar-refractivity contribution in [3.8, 4) is 11.5 Å². The molecule has 0 amide bonds. The highest BCUT2D eigenvalue weighted by atomic mass is 19.1. The Bertz CT molecular complexity index is 1110. The van der Waals surface area contributed by atoms with Crippen molar-refractivity contribution in [3.05, 3.63) is 66.7 Å². The van der Waals surface area contributed by atoms with E-state index in [9.17, 15) is 4.39 Å². The molecule has 27 heavy (non-hydrogen) atoms. The van der Waals surface area contributed by atoms with Gasteiger partial charge in [0.2, 0.25) is 5.95 Å². The molecule has 0 unspecified atom stereocenters. The van der Waals surface area contributed by atoms with Crippen molar-refractivity contribution in [3.63, 3.8) is 0 Å². The molecule has 0 saturated carbocycles. The summed E-state index contributed by atoms with van der Waals surface area (Å²) in [4.78, 5) is 11.9. The molecule has 5 N–H and O–H groups in total. The highest BCUT2D eigenvalue weighted by molar-refractivity contribution is 5.87. The Morgan fingerprint density at radius 3 is 2.67 bits per heavy atom. The number of anilines is 4. The van der Waals surface area contributed by atoms with Crippen LogP contribution in [0.3, 0.4) is 0 Å². The second-order valence-corrected chi connectivity index (χ2v) is 5.76. The van der Waals surface area contributed by atoms with Crippen LogP contribution in [-0.4, -0.2) is 15.0 Å². The summed E-state index contributed by atoms with van der Waals surface area (Å²) in [6.07, 6.45) is 3.39. The summed E-state index contributed by atoms with van der Waals surface area (Å²) in [5, 5.41) is 4.69. The highest BCUT2D eigenvalue weighted by Crippen LogP contribution is 2.32. The van der Waals surface area contributed by atoms with Gasteiger partial charge in [-0.25, -0.2) is 4.39 Å². The number of aromatic nitrogens is 3. The molecular weight excluding hydrogens is 347 g/mol. The molecule has 0 saturated heterocycles. The van der Waals surface area contributed by atoms with Crippen LogP contribution >= 0.6 is 0 Å². The number of nitrogens with one attached hydrogen (secondary N) is 1. The predicted molar refractivity (Wildman–Crippen MR) is 102 cm³/mol. The van der Waals surface area contributed by atoms with Crippen LogP contribution in [0.2, 0.25) is 0 Å². The van der Waals surface area contributed by atoms with E-state index in [4.69, 9.17) is 16.2 Å². The summed E-state index contributed by atoms with van der Waals surface area (Å²) in [6, 6.07) is 13.3. The highest BCUT2D eigenvalue weighted by Gasteiger charge is 2.10. The Labute approximate surface area is 153 Å². The van der Waals surface area contributed by atoms with E-state index in [1.165, 1.54) is 18.2 Å². The Balaban J connectivity index is 1.60. The quantitative estimate of drug-likeness (QED) is 0.505. The molecular formula is C19H15FN6O. The number of hydrogen-bond donors (Lipinski definition) is 3. The minimum absolute atomic E-state index is 0.0309. The van der Waals surface area contributed by atoms with Gasteiger partial charge in [-0.05, 0) is 24.3 Å². The average molecular weight is 362 g/mol. The summed E-state index contributed by atoms with van der Waals surface area (Å²) < 4.78 is 20.3. The lowest BCUT2D eigenvalue weighted by Crippen LogP contribution is -2.03. The van der Waals surface area contributed by atoms with E-state index in [-0.39, 0.29) is 17.5 Å². The van der Waals surface area contributed by atoms with Crippen molar-refractivity contribution >= 4 is 34.0 Å². The Morgan fingerprint density at radius 1 is 0.963 bits per heavy atom. The first kappa shape index (κ1) is 16.5. The lowest BCUT2D eigenvalue weighted by molar-refractivity contribution is 0.447. The maximum absolute atomic E-state index is 14.5. The molecule has 0 aliphatic heterocycles. The van der Waals surface area contributed by atoms with Gasteiger partial charge in [0.15, 0.2) is 11.6 Å². The Kier molecular flexibility index (Phi) is 4.13. The fraction of sp³-hybridized carbons (Fsp3) is 0. The molecule has 0 aliphatic rings. The molecule has 0 aliphatic carbocycles. The van der Waals surface area contributed by atoms with E-state index < -0.39 is 5.82 Å². The van der Waals surface area contributed by atoms with Crippen LogP contribution in [0, 0.1) is 5.82 Å². The monoisotopic (exact) mass is 362 g/mol. The Hall–Kier alpha value is -3.94. The first-order chi connectivity index (χ1) is 13.1. The molecule has 8 heteroatoms. The van der Waals surface area contributed by atoms with Crippen LogP contribution in [0.5, 0.6) is 11.5 Å². The Morgan fingerprint density at radius 2 is 1.85 bits per heavy atom. The zero-order chi connectivity index (χ0) is 18.8. The van der Waals surface area contributed by atoms with Crippen molar-refractivity contribution in [2.24, 2.45) is 0 Å². The minimum Gasteiger partial charge on any atom is -0.454 e. The maximum atomic E-state index is 14.5. The summed E-state index contributed by atoms with van der Waals surface area (Å²) in [5.74, 6) is 0.743. The number of hydrogen-bond acceptors (Lipinski definition) is 7. The zero-order valence-corrected chi connectivity index (χ0v) is 14.1. The van der Waals surface area contributed by atoms with Crippen LogP contribution in [0.25, 0.3) is 10.8 Å². The van der Waals surface area contributed by atoms with Crippen molar-refractivity contribution in [2.75, 3.05) is 16.8 Å². The van der Waals surface area contributed by atoms with Gasteiger partial charge in [0.1, 0.15) is 17.4 Å². The van der Waals surface area contributed by atoms with Crippen molar-refractivity contribution in [1.82, 2.24) is 15.0 Å². The largest absolute Gasteiger partial charge is 0.454 e. The van der Waals surface area contributed by atoms with Gasteiger partial charge in [0.25, 0.3) is 0 Å². The van der Waals surface area contributed by atoms with E-state index in [2.05, 4.69) is 20.3 Å². The molecule has 0 spiro atoms. The van der Waals surface area contributed by atoms with Gasteiger partial charge in [0.05, 0.1) is 0 Å². The van der Waals surface area contributed by atoms with E-state index >= 15 is 0 Å². The molecule has 0 radical (unpaired) electrons. The topological polar surface area (TPSA) is 112 Å². The fourth-order valence-corrected chi connectivity index (χ4v) is 2.66. The molecule has 0 atom stereocenters. The van der Waals surface area contributed by atoms with E-state index in [0.717, 1.165) is 10.8 Å². The molecule has 0 fully saturated rings. The molecule has 7 nitrogen and oxygen atoms in total. The number of ether oxygens (including phenoxy) is 1. The van der Waals surface area contributed by atoms with Crippen molar-refractivity contribution in [2.45, 2.75) is 0 Å². The summed E-state index contributed by atoms with van der Waals surface area (Å²) in [6.45, 7) is 0. The van der Waals surface area contributed by atoms with Gasteiger partial charge < -0.3 is 21.5 Å². The molecule has 4 rings (SSSR count). The van der Waals surface area contributed by atoms with E-state index in [1.54, 1.807) is 24.5 Å². The SMILES string of the molecule is Nc1cc(Nc2ccc(Oc3cccc4cnccc34)c(F)c2)nc(N)n1. The van der Waals surface area contributed by atoms with Crippen LogP contribution in [0.15, 0.2) is 60.9 Å². The first-order valence-electron chi connectivity index (χ1n) is 8.06. The number of nitrogen functional groups attached to an aromatic ring is 2. The van der Waals surface area contributed by atoms with E-state index in [0.29, 0.717) is 17.3 Å². The van der Waals surface area contributed by atoms with Crippen molar-refractivity contribution in [1.29, 1.82) is 0 Å². The number of rotatable bonds is 4. The molecule has 2 aromatic heterocycles. The second-order valence-electron chi connectivity index (χ2n) is 5.76. The van der Waals surface area contributed by atoms with Gasteiger partial charge >= 0.3 is 0 Å². The second kappa shape index (κ2) is 6.75. The molecule has 2 aromatic carbocycles. The van der Waals surface area contributed by atoms with Gasteiger partial charge in [-0.15, -0.1) is 0 Å². The van der Waals surface area contributed by atoms with Crippen LogP contribution in [-0.2, 0) is 0 Å². The maximum Gasteiger partial charge on any atom is 0.223 e. The third kappa shape index (κ3) is 3.54. The summed E-state index contributed by atoms with van der Waals surface area (Å²) >= 11 is 0. The van der Waals surface area contributed by atoms with Crippen LogP contribution in [0.1, 0.15) is 0 Å². The first-order valence-corrected chi connectivity index (χ1v) is 8.06. The van der Waals surface area contributed by atoms with E-state index in [1.807, 2.05) is 18.2 Å². The summed E-state index contributed by atoms with van der Waals surface area (Å²) in [7, 11) is 0. The zero-order valence-electron chi connectivity index (χ0n) is 14.1. The minimum atomic E-state index is -0.527. The number of pyridine rings is 1. The van der Waals surface area contributed by atoms with Gasteiger partial charge in [-0.2, -0.15) is 9.97 Å². The lowest BCUT2D eigenvalue weighted by Gasteiger charge is -2.11. The number of fused-ring (bicyclic) bond motifs is 1. The van der Waals surface area contributed by atoms with Crippen LogP contribution in [0.4, 0.5) is 27.7 Å². The lowest BCUT2D eigenvalue weighted by atomic mass is 10.1. The standard InChI is InChI=1S/C19H15FN6O/c20-14-8-12(24-18-9-17(21)25-19(22)26-18)4-5-16(14)27-15-3-1-2-11-10-23-7-6-13(11)15/h1-10H,(H5,21,22,24,25,26). The predicted octanol–water partition coefficient (Wildman–Crippen LogP) is 3.86.